The first kappa shape index (κ1) is 19.2. The number of aromatic nitrogens is 2. The van der Waals surface area contributed by atoms with Gasteiger partial charge in [0.1, 0.15) is 5.82 Å². The minimum Gasteiger partial charge on any atom is -0.383 e. The summed E-state index contributed by atoms with van der Waals surface area (Å²) in [4.78, 5) is 19.5. The molecule has 0 aliphatic heterocycles. The second kappa shape index (κ2) is 7.99. The highest BCUT2D eigenvalue weighted by Gasteiger charge is 2.25. The Kier molecular flexibility index (Phi) is 5.69. The number of rotatable bonds is 7. The summed E-state index contributed by atoms with van der Waals surface area (Å²) >= 11 is 0. The molecule has 0 aliphatic rings. The van der Waals surface area contributed by atoms with Gasteiger partial charge in [-0.05, 0) is 31.2 Å². The highest BCUT2D eigenvalue weighted by atomic mass is 32.2. The fraction of sp³-hybridized carbons (Fsp3) is 0.263. The number of aryl methyl sites for hydroxylation is 1. The van der Waals surface area contributed by atoms with E-state index in [2.05, 4.69) is 9.97 Å². The first-order valence-electron chi connectivity index (χ1n) is 8.45. The van der Waals surface area contributed by atoms with Gasteiger partial charge in [-0.3, -0.25) is 4.79 Å². The van der Waals surface area contributed by atoms with Gasteiger partial charge < -0.3 is 9.72 Å². The molecule has 1 heterocycles. The molecule has 27 heavy (non-hydrogen) atoms. The largest absolute Gasteiger partial charge is 0.383 e. The molecule has 0 atom stereocenters. The summed E-state index contributed by atoms with van der Waals surface area (Å²) in [5.41, 5.74) is 1.20. The van der Waals surface area contributed by atoms with Gasteiger partial charge >= 0.3 is 0 Å². The molecule has 7 nitrogen and oxygen atoms in total. The van der Waals surface area contributed by atoms with Crippen molar-refractivity contribution in [1.29, 1.82) is 0 Å². The molecule has 1 N–H and O–H groups in total. The van der Waals surface area contributed by atoms with Crippen LogP contribution < -0.4 is 5.56 Å². The van der Waals surface area contributed by atoms with E-state index in [-0.39, 0.29) is 36.0 Å². The lowest BCUT2D eigenvalue weighted by Crippen LogP contribution is -2.34. The van der Waals surface area contributed by atoms with Gasteiger partial charge in [0.25, 0.3) is 5.56 Å². The quantitative estimate of drug-likeness (QED) is 0.670. The van der Waals surface area contributed by atoms with Crippen LogP contribution in [0.25, 0.3) is 10.9 Å². The number of nitrogens with zero attached hydrogens (tertiary/aromatic N) is 2. The molecular formula is C19H21N3O4S. The van der Waals surface area contributed by atoms with Crippen LogP contribution in [-0.2, 0) is 21.3 Å². The average molecular weight is 387 g/mol. The highest BCUT2D eigenvalue weighted by Crippen LogP contribution is 2.18. The van der Waals surface area contributed by atoms with E-state index in [1.165, 1.54) is 11.4 Å². The maximum atomic E-state index is 13.1. The molecule has 0 radical (unpaired) electrons. The normalized spacial score (nSPS) is 12.0. The maximum absolute atomic E-state index is 13.1. The molecule has 0 amide bonds. The van der Waals surface area contributed by atoms with Gasteiger partial charge in [0.2, 0.25) is 10.0 Å². The van der Waals surface area contributed by atoms with E-state index in [1.54, 1.807) is 48.5 Å². The number of H-pyrrole nitrogens is 1. The van der Waals surface area contributed by atoms with E-state index < -0.39 is 10.0 Å². The van der Waals surface area contributed by atoms with Crippen LogP contribution in [0.3, 0.4) is 0 Å². The fourth-order valence-electron chi connectivity index (χ4n) is 2.71. The van der Waals surface area contributed by atoms with Crippen molar-refractivity contribution in [3.63, 3.8) is 0 Å². The zero-order valence-electron chi connectivity index (χ0n) is 15.2. The number of hydrogen-bond acceptors (Lipinski definition) is 5. The van der Waals surface area contributed by atoms with Crippen LogP contribution in [0.5, 0.6) is 0 Å². The van der Waals surface area contributed by atoms with Crippen molar-refractivity contribution in [3.8, 4) is 0 Å². The Hall–Kier alpha value is -2.55. The van der Waals surface area contributed by atoms with Crippen LogP contribution in [0.1, 0.15) is 11.4 Å². The fourth-order valence-corrected chi connectivity index (χ4v) is 4.10. The summed E-state index contributed by atoms with van der Waals surface area (Å²) < 4.78 is 32.4. The van der Waals surface area contributed by atoms with E-state index in [4.69, 9.17) is 4.74 Å². The average Bonchev–Trinajstić information content (AvgIpc) is 2.65. The number of ether oxygens (including phenoxy) is 1. The van der Waals surface area contributed by atoms with Crippen molar-refractivity contribution in [2.24, 2.45) is 0 Å². The molecular weight excluding hydrogens is 366 g/mol. The van der Waals surface area contributed by atoms with Gasteiger partial charge in [0.05, 0.1) is 29.0 Å². The van der Waals surface area contributed by atoms with Gasteiger partial charge in [-0.2, -0.15) is 4.31 Å². The van der Waals surface area contributed by atoms with Crippen molar-refractivity contribution in [3.05, 3.63) is 70.3 Å². The van der Waals surface area contributed by atoms with Crippen molar-refractivity contribution in [1.82, 2.24) is 14.3 Å². The Bertz CT molecular complexity index is 1090. The van der Waals surface area contributed by atoms with Gasteiger partial charge in [-0.1, -0.05) is 29.8 Å². The van der Waals surface area contributed by atoms with E-state index in [0.29, 0.717) is 10.9 Å². The number of aromatic amines is 1. The predicted molar refractivity (Wildman–Crippen MR) is 103 cm³/mol. The molecule has 0 fully saturated rings. The molecule has 142 valence electrons. The molecule has 0 spiro atoms. The Labute approximate surface area is 157 Å². The molecule has 2 aromatic carbocycles. The van der Waals surface area contributed by atoms with Crippen LogP contribution in [0.4, 0.5) is 0 Å². The summed E-state index contributed by atoms with van der Waals surface area (Å²) in [5, 5.41) is 0.464. The summed E-state index contributed by atoms with van der Waals surface area (Å²) in [6, 6.07) is 13.6. The second-order valence-corrected chi connectivity index (χ2v) is 8.11. The Balaban J connectivity index is 1.98. The summed E-state index contributed by atoms with van der Waals surface area (Å²) in [6.45, 7) is 2.20. The van der Waals surface area contributed by atoms with E-state index in [0.717, 1.165) is 5.56 Å². The van der Waals surface area contributed by atoms with Crippen LogP contribution in [-0.4, -0.2) is 43.0 Å². The lowest BCUT2D eigenvalue weighted by Gasteiger charge is -2.21. The SMILES string of the molecule is COCCN(Cc1nc2ccccc2c(=O)[nH]1)S(=O)(=O)c1ccc(C)cc1. The number of fused-ring (bicyclic) bond motifs is 1. The summed E-state index contributed by atoms with van der Waals surface area (Å²) in [6.07, 6.45) is 0. The van der Waals surface area contributed by atoms with Gasteiger partial charge in [0.15, 0.2) is 0 Å². The number of benzene rings is 2. The second-order valence-electron chi connectivity index (χ2n) is 6.17. The summed E-state index contributed by atoms with van der Waals surface area (Å²) in [5.74, 6) is 0.283. The molecule has 0 saturated carbocycles. The molecule has 1 aromatic heterocycles. The van der Waals surface area contributed by atoms with Crippen LogP contribution in [0.15, 0.2) is 58.2 Å². The van der Waals surface area contributed by atoms with Crippen molar-refractivity contribution in [2.45, 2.75) is 18.4 Å². The first-order valence-corrected chi connectivity index (χ1v) is 9.89. The van der Waals surface area contributed by atoms with E-state index in [9.17, 15) is 13.2 Å². The van der Waals surface area contributed by atoms with Crippen LogP contribution in [0.2, 0.25) is 0 Å². The smallest absolute Gasteiger partial charge is 0.258 e. The molecule has 0 unspecified atom stereocenters. The molecule has 3 aromatic rings. The maximum Gasteiger partial charge on any atom is 0.258 e. The standard InChI is InChI=1S/C19H21N3O4S/c1-14-7-9-15(10-8-14)27(24,25)22(11-12-26-2)13-18-20-17-6-4-3-5-16(17)19(23)21-18/h3-10H,11-13H2,1-2H3,(H,20,21,23). The van der Waals surface area contributed by atoms with Gasteiger partial charge in [0, 0.05) is 13.7 Å². The third-order valence-corrected chi connectivity index (χ3v) is 6.05. The predicted octanol–water partition coefficient (Wildman–Crippen LogP) is 2.07. The minimum absolute atomic E-state index is 0.0559. The number of nitrogens with one attached hydrogen (secondary N) is 1. The third kappa shape index (κ3) is 4.24. The van der Waals surface area contributed by atoms with Crippen molar-refractivity contribution >= 4 is 20.9 Å². The topological polar surface area (TPSA) is 92.4 Å². The molecule has 0 aliphatic carbocycles. The lowest BCUT2D eigenvalue weighted by molar-refractivity contribution is 0.176. The Morgan fingerprint density at radius 2 is 1.81 bits per heavy atom. The first-order chi connectivity index (χ1) is 12.9. The zero-order chi connectivity index (χ0) is 19.4. The van der Waals surface area contributed by atoms with E-state index in [1.807, 2.05) is 6.92 Å². The molecule has 0 bridgehead atoms. The van der Waals surface area contributed by atoms with Crippen LogP contribution in [0, 0.1) is 6.92 Å². The summed E-state index contributed by atoms with van der Waals surface area (Å²) in [7, 11) is -2.26. The highest BCUT2D eigenvalue weighted by molar-refractivity contribution is 7.89. The molecule has 0 saturated heterocycles. The van der Waals surface area contributed by atoms with Crippen LogP contribution >= 0.6 is 0 Å². The number of methoxy groups -OCH3 is 1. The van der Waals surface area contributed by atoms with Crippen molar-refractivity contribution in [2.75, 3.05) is 20.3 Å². The lowest BCUT2D eigenvalue weighted by atomic mass is 10.2. The Morgan fingerprint density at radius 3 is 2.52 bits per heavy atom. The molecule has 8 heteroatoms. The third-order valence-electron chi connectivity index (χ3n) is 4.19. The monoisotopic (exact) mass is 387 g/mol. The number of hydrogen-bond donors (Lipinski definition) is 1. The van der Waals surface area contributed by atoms with E-state index >= 15 is 0 Å². The van der Waals surface area contributed by atoms with Gasteiger partial charge in [-0.15, -0.1) is 0 Å². The molecule has 3 rings (SSSR count). The minimum atomic E-state index is -3.76. The number of sulfonamides is 1. The van der Waals surface area contributed by atoms with Gasteiger partial charge in [-0.25, -0.2) is 13.4 Å². The Morgan fingerprint density at radius 1 is 1.11 bits per heavy atom. The van der Waals surface area contributed by atoms with Crippen molar-refractivity contribution < 1.29 is 13.2 Å². The zero-order valence-corrected chi connectivity index (χ0v) is 16.0. The number of para-hydroxylation sites is 1.